The predicted molar refractivity (Wildman–Crippen MR) is 83.2 cm³/mol. The van der Waals surface area contributed by atoms with Crippen LogP contribution in [0.4, 0.5) is 0 Å². The van der Waals surface area contributed by atoms with Crippen LogP contribution in [0.15, 0.2) is 42.5 Å². The Balaban J connectivity index is 2.49. The highest BCUT2D eigenvalue weighted by atomic mass is 16.5. The van der Waals surface area contributed by atoms with Gasteiger partial charge in [-0.15, -0.1) is 0 Å². The van der Waals surface area contributed by atoms with Gasteiger partial charge in [0.25, 0.3) is 0 Å². The zero-order chi connectivity index (χ0) is 16.1. The van der Waals surface area contributed by atoms with E-state index in [9.17, 15) is 15.0 Å². The molecule has 0 radical (unpaired) electrons. The molecule has 0 saturated heterocycles. The number of carboxylic acids is 1. The molecule has 5 nitrogen and oxygen atoms in total. The molecule has 0 aliphatic heterocycles. The number of ether oxygens (including phenoxy) is 2. The number of aliphatic carboxylic acids is 1. The summed E-state index contributed by atoms with van der Waals surface area (Å²) in [6.07, 6.45) is 1.40. The number of methoxy groups -OCH3 is 2. The molecule has 2 N–H and O–H groups in total. The molecule has 114 valence electrons. The van der Waals surface area contributed by atoms with E-state index < -0.39 is 5.97 Å². The molecule has 2 aromatic carbocycles. The molecule has 0 amide bonds. The molecule has 2 rings (SSSR count). The SMILES string of the molecule is COc1ccc(C(=Cc2cccc(OC)c2O)C(=O)O)cc1. The second-order valence-corrected chi connectivity index (χ2v) is 4.49. The maximum absolute atomic E-state index is 11.5. The van der Waals surface area contributed by atoms with Gasteiger partial charge in [0.2, 0.25) is 0 Å². The van der Waals surface area contributed by atoms with Crippen molar-refractivity contribution in [1.82, 2.24) is 0 Å². The summed E-state index contributed by atoms with van der Waals surface area (Å²) in [6.45, 7) is 0. The van der Waals surface area contributed by atoms with Gasteiger partial charge in [0.1, 0.15) is 5.75 Å². The summed E-state index contributed by atoms with van der Waals surface area (Å²) in [5.74, 6) is -0.268. The van der Waals surface area contributed by atoms with Crippen LogP contribution in [0.1, 0.15) is 11.1 Å². The van der Waals surface area contributed by atoms with Crippen LogP contribution in [-0.2, 0) is 4.79 Å². The maximum Gasteiger partial charge on any atom is 0.336 e. The number of para-hydroxylation sites is 1. The van der Waals surface area contributed by atoms with Crippen LogP contribution < -0.4 is 9.47 Å². The van der Waals surface area contributed by atoms with Crippen molar-refractivity contribution < 1.29 is 24.5 Å². The van der Waals surface area contributed by atoms with Crippen LogP contribution in [-0.4, -0.2) is 30.4 Å². The standard InChI is InChI=1S/C17H16O5/c1-21-13-8-6-11(7-9-13)14(17(19)20)10-12-4-3-5-15(22-2)16(12)18/h3-10,18H,1-2H3,(H,19,20). The van der Waals surface area contributed by atoms with Gasteiger partial charge in [-0.1, -0.05) is 24.3 Å². The quantitative estimate of drug-likeness (QED) is 0.655. The van der Waals surface area contributed by atoms with E-state index in [0.29, 0.717) is 16.9 Å². The third-order valence-electron chi connectivity index (χ3n) is 3.18. The van der Waals surface area contributed by atoms with Crippen molar-refractivity contribution in [2.45, 2.75) is 0 Å². The molecular weight excluding hydrogens is 284 g/mol. The Morgan fingerprint density at radius 1 is 1.05 bits per heavy atom. The minimum atomic E-state index is -1.09. The Labute approximate surface area is 128 Å². The molecular formula is C17H16O5. The number of hydrogen-bond donors (Lipinski definition) is 2. The molecule has 0 bridgehead atoms. The van der Waals surface area contributed by atoms with Crippen molar-refractivity contribution in [3.05, 3.63) is 53.6 Å². The summed E-state index contributed by atoms with van der Waals surface area (Å²) >= 11 is 0. The average molecular weight is 300 g/mol. The molecule has 0 aliphatic rings. The second-order valence-electron chi connectivity index (χ2n) is 4.49. The molecule has 0 aliphatic carbocycles. The van der Waals surface area contributed by atoms with Crippen molar-refractivity contribution in [2.24, 2.45) is 0 Å². The lowest BCUT2D eigenvalue weighted by Gasteiger charge is -2.08. The van der Waals surface area contributed by atoms with Gasteiger partial charge in [0.15, 0.2) is 11.5 Å². The van der Waals surface area contributed by atoms with Crippen LogP contribution in [0.5, 0.6) is 17.2 Å². The third-order valence-corrected chi connectivity index (χ3v) is 3.18. The number of carboxylic acid groups (broad SMARTS) is 1. The van der Waals surface area contributed by atoms with E-state index in [1.807, 2.05) is 0 Å². The molecule has 22 heavy (non-hydrogen) atoms. The molecule has 0 spiro atoms. The Kier molecular flexibility index (Phi) is 4.68. The second kappa shape index (κ2) is 6.67. The number of phenols is 1. The van der Waals surface area contributed by atoms with Crippen LogP contribution in [0.2, 0.25) is 0 Å². The van der Waals surface area contributed by atoms with Crippen LogP contribution in [0.3, 0.4) is 0 Å². The van der Waals surface area contributed by atoms with E-state index in [4.69, 9.17) is 9.47 Å². The van der Waals surface area contributed by atoms with Gasteiger partial charge in [-0.2, -0.15) is 0 Å². The van der Waals surface area contributed by atoms with Gasteiger partial charge in [-0.3, -0.25) is 0 Å². The topological polar surface area (TPSA) is 76.0 Å². The van der Waals surface area contributed by atoms with Gasteiger partial charge in [0.05, 0.1) is 19.8 Å². The van der Waals surface area contributed by atoms with Gasteiger partial charge in [-0.05, 0) is 29.8 Å². The van der Waals surface area contributed by atoms with Gasteiger partial charge in [0, 0.05) is 5.56 Å². The van der Waals surface area contributed by atoms with Crippen molar-refractivity contribution in [3.8, 4) is 17.2 Å². The summed E-state index contributed by atoms with van der Waals surface area (Å²) in [5, 5.41) is 19.5. The first-order chi connectivity index (χ1) is 10.6. The molecule has 0 saturated carbocycles. The number of benzene rings is 2. The highest BCUT2D eigenvalue weighted by Gasteiger charge is 2.13. The largest absolute Gasteiger partial charge is 0.504 e. The Hall–Kier alpha value is -2.95. The summed E-state index contributed by atoms with van der Waals surface area (Å²) in [5.41, 5.74) is 0.939. The van der Waals surface area contributed by atoms with E-state index >= 15 is 0 Å². The zero-order valence-corrected chi connectivity index (χ0v) is 12.2. The van der Waals surface area contributed by atoms with Crippen molar-refractivity contribution in [3.63, 3.8) is 0 Å². The van der Waals surface area contributed by atoms with Gasteiger partial charge >= 0.3 is 5.97 Å². The minimum Gasteiger partial charge on any atom is -0.504 e. The molecule has 0 atom stereocenters. The number of hydrogen-bond acceptors (Lipinski definition) is 4. The molecule has 0 heterocycles. The van der Waals surface area contributed by atoms with Crippen LogP contribution in [0, 0.1) is 0 Å². The first-order valence-electron chi connectivity index (χ1n) is 6.52. The summed E-state index contributed by atoms with van der Waals surface area (Å²) in [7, 11) is 2.97. The number of carbonyl (C=O) groups is 1. The minimum absolute atomic E-state index is 0.0613. The van der Waals surface area contributed by atoms with E-state index in [1.165, 1.54) is 20.3 Å². The van der Waals surface area contributed by atoms with Crippen molar-refractivity contribution in [2.75, 3.05) is 14.2 Å². The molecule has 0 unspecified atom stereocenters. The highest BCUT2D eigenvalue weighted by Crippen LogP contribution is 2.32. The number of rotatable bonds is 5. The van der Waals surface area contributed by atoms with Crippen LogP contribution >= 0.6 is 0 Å². The average Bonchev–Trinajstić information content (AvgIpc) is 2.54. The van der Waals surface area contributed by atoms with Crippen LogP contribution in [0.25, 0.3) is 11.6 Å². The lowest BCUT2D eigenvalue weighted by molar-refractivity contribution is -0.130. The molecule has 5 heteroatoms. The Bertz CT molecular complexity index is 701. The van der Waals surface area contributed by atoms with Gasteiger partial charge in [-0.25, -0.2) is 4.79 Å². The molecule has 0 aromatic heterocycles. The predicted octanol–water partition coefficient (Wildman–Crippen LogP) is 3.03. The molecule has 2 aromatic rings. The summed E-state index contributed by atoms with van der Waals surface area (Å²) < 4.78 is 10.1. The van der Waals surface area contributed by atoms with E-state index in [2.05, 4.69) is 0 Å². The lowest BCUT2D eigenvalue weighted by Crippen LogP contribution is -2.00. The maximum atomic E-state index is 11.5. The van der Waals surface area contributed by atoms with Crippen molar-refractivity contribution >= 4 is 17.6 Å². The van der Waals surface area contributed by atoms with Gasteiger partial charge < -0.3 is 19.7 Å². The first kappa shape index (κ1) is 15.4. The van der Waals surface area contributed by atoms with Crippen molar-refractivity contribution in [1.29, 1.82) is 0 Å². The lowest BCUT2D eigenvalue weighted by atomic mass is 10.0. The number of aromatic hydroxyl groups is 1. The van der Waals surface area contributed by atoms with E-state index in [0.717, 1.165) is 0 Å². The summed E-state index contributed by atoms with van der Waals surface area (Å²) in [6, 6.07) is 11.5. The molecule has 0 fully saturated rings. The monoisotopic (exact) mass is 300 g/mol. The smallest absolute Gasteiger partial charge is 0.336 e. The Morgan fingerprint density at radius 2 is 1.73 bits per heavy atom. The normalized spacial score (nSPS) is 11.1. The zero-order valence-electron chi connectivity index (χ0n) is 12.2. The Morgan fingerprint density at radius 3 is 2.27 bits per heavy atom. The third kappa shape index (κ3) is 3.20. The number of phenolic OH excluding ortho intramolecular Hbond substituents is 1. The fourth-order valence-corrected chi connectivity index (χ4v) is 2.02. The fourth-order valence-electron chi connectivity index (χ4n) is 2.02. The first-order valence-corrected chi connectivity index (χ1v) is 6.52. The summed E-state index contributed by atoms with van der Waals surface area (Å²) in [4.78, 5) is 11.5. The highest BCUT2D eigenvalue weighted by molar-refractivity contribution is 6.20. The van der Waals surface area contributed by atoms with E-state index in [-0.39, 0.29) is 17.1 Å². The fraction of sp³-hybridized carbons (Fsp3) is 0.118. The van der Waals surface area contributed by atoms with E-state index in [1.54, 1.807) is 42.5 Å².